The molecular formula is C30H30N2O2. The van der Waals surface area contributed by atoms with E-state index in [-0.39, 0.29) is 0 Å². The number of carboxylic acid groups (broad SMARTS) is 1. The average molecular weight is 451 g/mol. The van der Waals surface area contributed by atoms with Gasteiger partial charge in [0.05, 0.1) is 11.9 Å². The van der Waals surface area contributed by atoms with Crippen molar-refractivity contribution < 1.29 is 9.90 Å². The molecule has 0 amide bonds. The van der Waals surface area contributed by atoms with Crippen LogP contribution in [0.25, 0.3) is 23.3 Å². The number of allylic oxidation sites excluding steroid dienone is 4. The minimum Gasteiger partial charge on any atom is -0.478 e. The molecule has 1 aliphatic rings. The highest BCUT2D eigenvalue weighted by Crippen LogP contribution is 2.45. The second-order valence-electron chi connectivity index (χ2n) is 8.77. The van der Waals surface area contributed by atoms with Gasteiger partial charge in [-0.15, -0.1) is 0 Å². The normalized spacial score (nSPS) is 14.9. The molecule has 1 N–H and O–H groups in total. The molecule has 3 aromatic rings. The predicted molar refractivity (Wildman–Crippen MR) is 140 cm³/mol. The van der Waals surface area contributed by atoms with Crippen molar-refractivity contribution in [2.24, 2.45) is 13.0 Å². The van der Waals surface area contributed by atoms with E-state index in [1.807, 2.05) is 36.1 Å². The molecule has 1 fully saturated rings. The quantitative estimate of drug-likeness (QED) is 0.233. The number of carbonyl (C=O) groups is 1. The Morgan fingerprint density at radius 3 is 2.29 bits per heavy atom. The Labute approximate surface area is 201 Å². The lowest BCUT2D eigenvalue weighted by molar-refractivity contribution is -0.131. The van der Waals surface area contributed by atoms with Gasteiger partial charge < -0.3 is 5.11 Å². The van der Waals surface area contributed by atoms with Crippen molar-refractivity contribution in [3.05, 3.63) is 113 Å². The maximum atomic E-state index is 10.9. The maximum Gasteiger partial charge on any atom is 0.328 e. The van der Waals surface area contributed by atoms with Crippen molar-refractivity contribution in [3.63, 3.8) is 0 Å². The standard InChI is InChI=1S/C30H30N2O2/c1-21(12-18-27-22(2)20-31-32(27)3)29(26-16-13-23(14-17-26)15-19-28(33)34)30(25-10-7-11-25)24-8-5-4-6-9-24/h4-6,8-9,12-20,25H,1,7,10-11H2,2-3H3,(H,33,34)/b18-12-,19-15+,30-29+. The van der Waals surface area contributed by atoms with Gasteiger partial charge in [-0.05, 0) is 76.8 Å². The number of aryl methyl sites for hydroxylation is 2. The van der Waals surface area contributed by atoms with Crippen molar-refractivity contribution >= 4 is 29.3 Å². The fourth-order valence-electron chi connectivity index (χ4n) is 4.40. The molecule has 0 saturated heterocycles. The summed E-state index contributed by atoms with van der Waals surface area (Å²) < 4.78 is 1.87. The number of benzene rings is 2. The molecule has 34 heavy (non-hydrogen) atoms. The summed E-state index contributed by atoms with van der Waals surface area (Å²) in [7, 11) is 1.94. The third-order valence-electron chi connectivity index (χ3n) is 6.43. The van der Waals surface area contributed by atoms with Crippen LogP contribution in [0.5, 0.6) is 0 Å². The lowest BCUT2D eigenvalue weighted by Crippen LogP contribution is -2.15. The molecule has 0 aliphatic heterocycles. The molecule has 4 nitrogen and oxygen atoms in total. The number of rotatable bonds is 8. The summed E-state index contributed by atoms with van der Waals surface area (Å²) in [6.07, 6.45) is 12.4. The molecule has 2 aromatic carbocycles. The zero-order chi connectivity index (χ0) is 24.1. The lowest BCUT2D eigenvalue weighted by Gasteiger charge is -2.31. The number of hydrogen-bond donors (Lipinski definition) is 1. The number of carboxylic acids is 1. The van der Waals surface area contributed by atoms with E-state index in [1.54, 1.807) is 6.08 Å². The molecular weight excluding hydrogens is 420 g/mol. The Balaban J connectivity index is 1.82. The first-order chi connectivity index (χ1) is 16.4. The monoisotopic (exact) mass is 450 g/mol. The van der Waals surface area contributed by atoms with Gasteiger partial charge in [0, 0.05) is 13.1 Å². The van der Waals surface area contributed by atoms with E-state index in [0.29, 0.717) is 5.92 Å². The van der Waals surface area contributed by atoms with Gasteiger partial charge in [-0.2, -0.15) is 5.10 Å². The largest absolute Gasteiger partial charge is 0.478 e. The Kier molecular flexibility index (Phi) is 7.07. The van der Waals surface area contributed by atoms with Crippen LogP contribution in [-0.2, 0) is 11.8 Å². The van der Waals surface area contributed by atoms with E-state index < -0.39 is 5.97 Å². The van der Waals surface area contributed by atoms with E-state index in [2.05, 4.69) is 67.2 Å². The summed E-state index contributed by atoms with van der Waals surface area (Å²) in [5.74, 6) is -0.461. The zero-order valence-corrected chi connectivity index (χ0v) is 19.7. The number of hydrogen-bond acceptors (Lipinski definition) is 2. The summed E-state index contributed by atoms with van der Waals surface area (Å²) in [4.78, 5) is 10.9. The van der Waals surface area contributed by atoms with E-state index in [1.165, 1.54) is 30.4 Å². The molecule has 4 heteroatoms. The number of nitrogens with zero attached hydrogens (tertiary/aromatic N) is 2. The smallest absolute Gasteiger partial charge is 0.328 e. The fraction of sp³-hybridized carbons (Fsp3) is 0.200. The van der Waals surface area contributed by atoms with Crippen LogP contribution < -0.4 is 0 Å². The molecule has 0 atom stereocenters. The predicted octanol–water partition coefficient (Wildman–Crippen LogP) is 6.81. The highest BCUT2D eigenvalue weighted by molar-refractivity contribution is 6.01. The molecule has 4 rings (SSSR count). The molecule has 0 bridgehead atoms. The Bertz CT molecular complexity index is 1250. The van der Waals surface area contributed by atoms with Gasteiger partial charge in [0.1, 0.15) is 0 Å². The fourth-order valence-corrected chi connectivity index (χ4v) is 4.40. The van der Waals surface area contributed by atoms with Gasteiger partial charge in [0.2, 0.25) is 0 Å². The topological polar surface area (TPSA) is 55.1 Å². The first kappa shape index (κ1) is 23.2. The number of aromatic nitrogens is 2. The van der Waals surface area contributed by atoms with Crippen LogP contribution in [0.2, 0.25) is 0 Å². The zero-order valence-electron chi connectivity index (χ0n) is 19.7. The van der Waals surface area contributed by atoms with Crippen molar-refractivity contribution in [1.82, 2.24) is 9.78 Å². The average Bonchev–Trinajstić information content (AvgIpc) is 3.13. The van der Waals surface area contributed by atoms with Gasteiger partial charge in [-0.1, -0.05) is 73.7 Å². The second-order valence-corrected chi connectivity index (χ2v) is 8.77. The molecule has 172 valence electrons. The van der Waals surface area contributed by atoms with E-state index in [9.17, 15) is 4.79 Å². The Morgan fingerprint density at radius 1 is 1.03 bits per heavy atom. The van der Waals surface area contributed by atoms with Crippen molar-refractivity contribution in [2.45, 2.75) is 26.2 Å². The first-order valence-corrected chi connectivity index (χ1v) is 11.6. The Morgan fingerprint density at radius 2 is 1.74 bits per heavy atom. The van der Waals surface area contributed by atoms with Crippen LogP contribution in [0.4, 0.5) is 0 Å². The van der Waals surface area contributed by atoms with Crippen LogP contribution in [0.1, 0.15) is 47.2 Å². The van der Waals surface area contributed by atoms with Crippen molar-refractivity contribution in [2.75, 3.05) is 0 Å². The Hall–Kier alpha value is -3.92. The molecule has 0 radical (unpaired) electrons. The maximum absolute atomic E-state index is 10.9. The van der Waals surface area contributed by atoms with Crippen LogP contribution >= 0.6 is 0 Å². The van der Waals surface area contributed by atoms with Gasteiger partial charge in [0.25, 0.3) is 0 Å². The molecule has 1 aromatic heterocycles. The minimum atomic E-state index is -0.954. The van der Waals surface area contributed by atoms with Crippen molar-refractivity contribution in [3.8, 4) is 0 Å². The van der Waals surface area contributed by atoms with Gasteiger partial charge in [-0.3, -0.25) is 4.68 Å². The van der Waals surface area contributed by atoms with Gasteiger partial charge in [0.15, 0.2) is 0 Å². The number of aliphatic carboxylic acids is 1. The minimum absolute atomic E-state index is 0.493. The summed E-state index contributed by atoms with van der Waals surface area (Å²) >= 11 is 0. The third-order valence-corrected chi connectivity index (χ3v) is 6.43. The SMILES string of the molecule is C=C(/C=C\c1c(C)cnn1C)/C(=C(/c1ccccc1)C1CCC1)c1ccc(/C=C/C(=O)O)cc1. The molecule has 1 saturated carbocycles. The van der Waals surface area contributed by atoms with E-state index >= 15 is 0 Å². The van der Waals surface area contributed by atoms with Crippen molar-refractivity contribution in [1.29, 1.82) is 0 Å². The van der Waals surface area contributed by atoms with Crippen LogP contribution in [0.3, 0.4) is 0 Å². The van der Waals surface area contributed by atoms with Crippen LogP contribution in [0, 0.1) is 12.8 Å². The molecule has 1 heterocycles. The highest BCUT2D eigenvalue weighted by atomic mass is 16.4. The lowest BCUT2D eigenvalue weighted by atomic mass is 9.73. The summed E-state index contributed by atoms with van der Waals surface area (Å²) in [5, 5.41) is 13.3. The summed E-state index contributed by atoms with van der Waals surface area (Å²) in [5.41, 5.74) is 8.74. The molecule has 0 spiro atoms. The van der Waals surface area contributed by atoms with Gasteiger partial charge in [-0.25, -0.2) is 4.79 Å². The van der Waals surface area contributed by atoms with Crippen LogP contribution in [0.15, 0.2) is 85.1 Å². The highest BCUT2D eigenvalue weighted by Gasteiger charge is 2.27. The first-order valence-electron chi connectivity index (χ1n) is 11.6. The summed E-state index contributed by atoms with van der Waals surface area (Å²) in [6.45, 7) is 6.55. The van der Waals surface area contributed by atoms with E-state index in [4.69, 9.17) is 5.11 Å². The van der Waals surface area contributed by atoms with Crippen LogP contribution in [-0.4, -0.2) is 20.9 Å². The molecule has 1 aliphatic carbocycles. The summed E-state index contributed by atoms with van der Waals surface area (Å²) in [6, 6.07) is 18.6. The van der Waals surface area contributed by atoms with E-state index in [0.717, 1.165) is 39.6 Å². The van der Waals surface area contributed by atoms with Gasteiger partial charge >= 0.3 is 5.97 Å². The molecule has 0 unspecified atom stereocenters. The third kappa shape index (κ3) is 5.18. The second kappa shape index (κ2) is 10.3.